The van der Waals surface area contributed by atoms with Crippen molar-refractivity contribution in [3.8, 4) is 0 Å². The fourth-order valence-corrected chi connectivity index (χ4v) is 6.59. The van der Waals surface area contributed by atoms with Crippen LogP contribution in [-0.2, 0) is 28.6 Å². The van der Waals surface area contributed by atoms with Crippen molar-refractivity contribution < 1.29 is 28.6 Å². The lowest BCUT2D eigenvalue weighted by atomic mass is 10.1. The summed E-state index contributed by atoms with van der Waals surface area (Å²) in [6.45, 7) is 6.30. The van der Waals surface area contributed by atoms with E-state index >= 15 is 0 Å². The largest absolute Gasteiger partial charge is 0.462 e. The van der Waals surface area contributed by atoms with Crippen molar-refractivity contribution >= 4 is 17.9 Å². The molecule has 0 spiro atoms. The zero-order valence-corrected chi connectivity index (χ0v) is 40.5. The summed E-state index contributed by atoms with van der Waals surface area (Å²) in [6.07, 6.45) is 67.8. The van der Waals surface area contributed by atoms with E-state index in [4.69, 9.17) is 14.2 Å². The molecule has 1 atom stereocenters. The summed E-state index contributed by atoms with van der Waals surface area (Å²) in [6, 6.07) is 0. The minimum absolute atomic E-state index is 0.109. The van der Waals surface area contributed by atoms with Gasteiger partial charge >= 0.3 is 17.9 Å². The summed E-state index contributed by atoms with van der Waals surface area (Å²) in [5.41, 5.74) is 0. The Morgan fingerprint density at radius 3 is 1.19 bits per heavy atom. The maximum atomic E-state index is 12.8. The highest BCUT2D eigenvalue weighted by molar-refractivity contribution is 5.71. The maximum absolute atomic E-state index is 12.8. The Morgan fingerprint density at radius 2 is 0.698 bits per heavy atom. The maximum Gasteiger partial charge on any atom is 0.306 e. The standard InChI is InChI=1S/C57H92O6/c1-4-7-10-13-16-19-22-25-28-30-32-35-38-41-44-47-50-56(59)62-53-54(52-61-55(58)49-46-43-40-37-34-31-27-24-21-18-15-12-9-6-3)63-57(60)51-48-45-42-39-36-33-29-26-23-20-17-14-11-8-5-2/h8-9,11-12,14,17-18,20-21,23,26-31,33,36,54H,4-7,10,13,15-16,19,22,24-25,32,34-35,37-53H2,1-3H3/b11-8-,12-9-,17-14-,21-18-,23-20-,29-26-,30-28-,31-27-,36-33-. The number of rotatable bonds is 44. The minimum Gasteiger partial charge on any atom is -0.462 e. The topological polar surface area (TPSA) is 78.9 Å². The van der Waals surface area contributed by atoms with E-state index in [-0.39, 0.29) is 37.5 Å². The molecule has 0 amide bonds. The van der Waals surface area contributed by atoms with E-state index in [1.54, 1.807) is 0 Å². The molecule has 1 unspecified atom stereocenters. The highest BCUT2D eigenvalue weighted by atomic mass is 16.6. The van der Waals surface area contributed by atoms with Gasteiger partial charge in [-0.1, -0.05) is 207 Å². The number of carbonyl (C=O) groups is 3. The number of unbranched alkanes of at least 4 members (excludes halogenated alkanes) is 19. The predicted octanol–water partition coefficient (Wildman–Crippen LogP) is 16.8. The van der Waals surface area contributed by atoms with E-state index in [1.165, 1.54) is 57.8 Å². The van der Waals surface area contributed by atoms with Crippen molar-refractivity contribution in [2.75, 3.05) is 13.2 Å². The third-order valence-corrected chi connectivity index (χ3v) is 10.4. The summed E-state index contributed by atoms with van der Waals surface area (Å²) < 4.78 is 16.7. The lowest BCUT2D eigenvalue weighted by Crippen LogP contribution is -2.30. The van der Waals surface area contributed by atoms with Crippen LogP contribution in [0.4, 0.5) is 0 Å². The molecular formula is C57H92O6. The Balaban J connectivity index is 4.52. The number of ether oxygens (including phenoxy) is 3. The van der Waals surface area contributed by atoms with E-state index in [1.807, 2.05) is 48.6 Å². The molecule has 0 bridgehead atoms. The first-order chi connectivity index (χ1) is 31.0. The third kappa shape index (κ3) is 49.0. The van der Waals surface area contributed by atoms with Gasteiger partial charge in [0.15, 0.2) is 6.10 Å². The second-order valence-electron chi connectivity index (χ2n) is 16.4. The Hall–Kier alpha value is -3.93. The van der Waals surface area contributed by atoms with Crippen molar-refractivity contribution in [3.05, 3.63) is 109 Å². The SMILES string of the molecule is CC\C=C/C=C\C=C/C=C\C=C/CCCCCC(=O)OC(COC(=O)CCCCCC/C=C\C/C=C\C/C=C\CC)COC(=O)CCCCCCC/C=C\CCCCCCCCC. The van der Waals surface area contributed by atoms with Crippen LogP contribution in [0.15, 0.2) is 109 Å². The van der Waals surface area contributed by atoms with Crippen LogP contribution in [0.1, 0.15) is 213 Å². The highest BCUT2D eigenvalue weighted by Crippen LogP contribution is 2.13. The number of hydrogen-bond acceptors (Lipinski definition) is 6. The molecule has 63 heavy (non-hydrogen) atoms. The Kier molecular flexibility index (Phi) is 47.5. The zero-order valence-electron chi connectivity index (χ0n) is 40.5. The van der Waals surface area contributed by atoms with Crippen molar-refractivity contribution in [2.45, 2.75) is 219 Å². The Bertz CT molecular complexity index is 1330. The van der Waals surface area contributed by atoms with Crippen molar-refractivity contribution in [2.24, 2.45) is 0 Å². The molecule has 0 rings (SSSR count). The summed E-state index contributed by atoms with van der Waals surface area (Å²) in [4.78, 5) is 38.0. The Labute approximate surface area is 387 Å². The molecule has 356 valence electrons. The monoisotopic (exact) mass is 873 g/mol. The molecule has 0 aliphatic rings. The van der Waals surface area contributed by atoms with Crippen LogP contribution in [0.5, 0.6) is 0 Å². The van der Waals surface area contributed by atoms with Gasteiger partial charge in [-0.3, -0.25) is 14.4 Å². The molecule has 0 fully saturated rings. The molecule has 0 aliphatic carbocycles. The van der Waals surface area contributed by atoms with Crippen molar-refractivity contribution in [1.82, 2.24) is 0 Å². The quantitative estimate of drug-likeness (QED) is 0.0199. The number of esters is 3. The van der Waals surface area contributed by atoms with Gasteiger partial charge in [-0.15, -0.1) is 0 Å². The van der Waals surface area contributed by atoms with E-state index in [2.05, 4.69) is 81.5 Å². The number of allylic oxidation sites excluding steroid dienone is 18. The van der Waals surface area contributed by atoms with Crippen LogP contribution in [0.3, 0.4) is 0 Å². The molecule has 0 aromatic carbocycles. The molecule has 6 heteroatoms. The lowest BCUT2D eigenvalue weighted by molar-refractivity contribution is -0.167. The summed E-state index contributed by atoms with van der Waals surface area (Å²) in [5.74, 6) is -0.988. The first-order valence-electron chi connectivity index (χ1n) is 25.5. The van der Waals surface area contributed by atoms with E-state index in [0.717, 1.165) is 109 Å². The van der Waals surface area contributed by atoms with Crippen LogP contribution in [0.25, 0.3) is 0 Å². The summed E-state index contributed by atoms with van der Waals surface area (Å²) >= 11 is 0. The van der Waals surface area contributed by atoms with Gasteiger partial charge in [-0.25, -0.2) is 0 Å². The molecule has 0 radical (unpaired) electrons. The van der Waals surface area contributed by atoms with Crippen LogP contribution >= 0.6 is 0 Å². The van der Waals surface area contributed by atoms with Gasteiger partial charge in [0.25, 0.3) is 0 Å². The average Bonchev–Trinajstić information content (AvgIpc) is 3.28. The highest BCUT2D eigenvalue weighted by Gasteiger charge is 2.19. The second-order valence-corrected chi connectivity index (χ2v) is 16.4. The molecule has 0 saturated carbocycles. The fourth-order valence-electron chi connectivity index (χ4n) is 6.59. The molecule has 0 N–H and O–H groups in total. The number of carbonyl (C=O) groups excluding carboxylic acids is 3. The molecule has 0 saturated heterocycles. The van der Waals surface area contributed by atoms with E-state index in [9.17, 15) is 14.4 Å². The average molecular weight is 873 g/mol. The van der Waals surface area contributed by atoms with Gasteiger partial charge in [-0.05, 0) is 96.3 Å². The first-order valence-corrected chi connectivity index (χ1v) is 25.5. The van der Waals surface area contributed by atoms with Gasteiger partial charge in [0.2, 0.25) is 0 Å². The van der Waals surface area contributed by atoms with E-state index in [0.29, 0.717) is 19.3 Å². The molecule has 6 nitrogen and oxygen atoms in total. The van der Waals surface area contributed by atoms with Crippen LogP contribution < -0.4 is 0 Å². The first kappa shape index (κ1) is 59.1. The van der Waals surface area contributed by atoms with Crippen molar-refractivity contribution in [3.63, 3.8) is 0 Å². The van der Waals surface area contributed by atoms with E-state index < -0.39 is 6.10 Å². The molecular weight excluding hydrogens is 781 g/mol. The summed E-state index contributed by atoms with van der Waals surface area (Å²) in [5, 5.41) is 0. The van der Waals surface area contributed by atoms with Gasteiger partial charge < -0.3 is 14.2 Å². The van der Waals surface area contributed by atoms with Gasteiger partial charge in [0.05, 0.1) is 0 Å². The molecule has 0 heterocycles. The van der Waals surface area contributed by atoms with Crippen LogP contribution in [-0.4, -0.2) is 37.2 Å². The smallest absolute Gasteiger partial charge is 0.306 e. The normalized spacial score (nSPS) is 13.0. The summed E-state index contributed by atoms with van der Waals surface area (Å²) in [7, 11) is 0. The van der Waals surface area contributed by atoms with Gasteiger partial charge in [0, 0.05) is 19.3 Å². The number of hydrogen-bond donors (Lipinski definition) is 0. The lowest BCUT2D eigenvalue weighted by Gasteiger charge is -2.18. The molecule has 0 aliphatic heterocycles. The van der Waals surface area contributed by atoms with Crippen molar-refractivity contribution in [1.29, 1.82) is 0 Å². The molecule has 0 aromatic heterocycles. The second kappa shape index (κ2) is 50.7. The van der Waals surface area contributed by atoms with Crippen LogP contribution in [0.2, 0.25) is 0 Å². The zero-order chi connectivity index (χ0) is 45.8. The Morgan fingerprint density at radius 1 is 0.349 bits per heavy atom. The van der Waals surface area contributed by atoms with Gasteiger partial charge in [0.1, 0.15) is 13.2 Å². The minimum atomic E-state index is -0.814. The third-order valence-electron chi connectivity index (χ3n) is 10.4. The fraction of sp³-hybridized carbons (Fsp3) is 0.632. The van der Waals surface area contributed by atoms with Gasteiger partial charge in [-0.2, -0.15) is 0 Å². The molecule has 0 aromatic rings. The predicted molar refractivity (Wildman–Crippen MR) is 270 cm³/mol. The van der Waals surface area contributed by atoms with Crippen LogP contribution in [0, 0.1) is 0 Å².